The molecule has 30 heavy (non-hydrogen) atoms. The van der Waals surface area contributed by atoms with Crippen molar-refractivity contribution in [2.45, 2.75) is 0 Å². The number of aromatic amines is 1. The molecule has 0 aliphatic carbocycles. The summed E-state index contributed by atoms with van der Waals surface area (Å²) in [6, 6.07) is 10.9. The van der Waals surface area contributed by atoms with Crippen LogP contribution in [0.4, 0.5) is 0 Å². The molecule has 0 bridgehead atoms. The molecule has 0 atom stereocenters. The van der Waals surface area contributed by atoms with Crippen LogP contribution < -0.4 is 14.2 Å². The predicted molar refractivity (Wildman–Crippen MR) is 114 cm³/mol. The van der Waals surface area contributed by atoms with E-state index < -0.39 is 5.97 Å². The number of allylic oxidation sites excluding steroid dienone is 1. The van der Waals surface area contributed by atoms with E-state index in [1.54, 1.807) is 31.4 Å². The fourth-order valence-corrected chi connectivity index (χ4v) is 3.12. The van der Waals surface area contributed by atoms with Crippen LogP contribution in [0.3, 0.4) is 0 Å². The Balaban J connectivity index is 1.97. The molecular weight excluding hydrogens is 454 g/mol. The molecule has 3 aromatic rings. The summed E-state index contributed by atoms with van der Waals surface area (Å²) in [6.07, 6.45) is 1.67. The van der Waals surface area contributed by atoms with E-state index in [4.69, 9.17) is 14.2 Å². The number of H-pyrrole nitrogens is 1. The summed E-state index contributed by atoms with van der Waals surface area (Å²) in [5, 5.41) is 9.69. The number of aromatic nitrogens is 2. The second-order valence-corrected chi connectivity index (χ2v) is 6.88. The van der Waals surface area contributed by atoms with E-state index in [-0.39, 0.29) is 6.61 Å². The van der Waals surface area contributed by atoms with Gasteiger partial charge in [-0.15, -0.1) is 0 Å². The van der Waals surface area contributed by atoms with Gasteiger partial charge in [-0.25, -0.2) is 9.78 Å². The summed E-state index contributed by atoms with van der Waals surface area (Å²) < 4.78 is 21.2. The van der Waals surface area contributed by atoms with Crippen molar-refractivity contribution in [1.29, 1.82) is 5.26 Å². The van der Waals surface area contributed by atoms with Gasteiger partial charge >= 0.3 is 5.97 Å². The summed E-state index contributed by atoms with van der Waals surface area (Å²) in [5.74, 6) is 1.37. The van der Waals surface area contributed by atoms with Gasteiger partial charge in [0.1, 0.15) is 17.6 Å². The highest BCUT2D eigenvalue weighted by molar-refractivity contribution is 9.10. The third-order valence-electron chi connectivity index (χ3n) is 4.22. The van der Waals surface area contributed by atoms with E-state index in [2.05, 4.69) is 36.7 Å². The topological polar surface area (TPSA) is 106 Å². The Morgan fingerprint density at radius 3 is 2.67 bits per heavy atom. The van der Waals surface area contributed by atoms with Crippen molar-refractivity contribution in [3.8, 4) is 23.3 Å². The van der Waals surface area contributed by atoms with Crippen LogP contribution in [0.5, 0.6) is 17.2 Å². The number of imidazole rings is 1. The van der Waals surface area contributed by atoms with Crippen LogP contribution in [0, 0.1) is 11.3 Å². The normalized spacial score (nSPS) is 11.1. The minimum Gasteiger partial charge on any atom is -0.497 e. The molecule has 0 saturated carbocycles. The Hall–Kier alpha value is -3.51. The lowest BCUT2D eigenvalue weighted by Crippen LogP contribution is -2.13. The molecule has 0 unspecified atom stereocenters. The van der Waals surface area contributed by atoms with Gasteiger partial charge in [0.25, 0.3) is 0 Å². The molecule has 9 heteroatoms. The van der Waals surface area contributed by atoms with Gasteiger partial charge in [0.15, 0.2) is 18.1 Å². The first-order valence-corrected chi connectivity index (χ1v) is 9.51. The van der Waals surface area contributed by atoms with Crippen LogP contribution in [0.15, 0.2) is 34.8 Å². The summed E-state index contributed by atoms with van der Waals surface area (Å²) in [6.45, 7) is -0.250. The number of nitrogens with zero attached hydrogens (tertiary/aromatic N) is 2. The van der Waals surface area contributed by atoms with Gasteiger partial charge in [0.05, 0.1) is 37.9 Å². The van der Waals surface area contributed by atoms with Gasteiger partial charge in [0, 0.05) is 10.5 Å². The number of nitrogens with one attached hydrogen (secondary N) is 1. The Kier molecular flexibility index (Phi) is 6.59. The molecule has 0 saturated heterocycles. The van der Waals surface area contributed by atoms with Crippen molar-refractivity contribution in [2.75, 3.05) is 27.9 Å². The monoisotopic (exact) mass is 471 g/mol. The molecule has 0 amide bonds. The van der Waals surface area contributed by atoms with Crippen LogP contribution >= 0.6 is 15.9 Å². The van der Waals surface area contributed by atoms with E-state index in [0.717, 1.165) is 11.0 Å². The molecule has 0 aliphatic rings. The number of ether oxygens (including phenoxy) is 4. The van der Waals surface area contributed by atoms with Crippen LogP contribution in [0.2, 0.25) is 0 Å². The number of benzene rings is 2. The maximum absolute atomic E-state index is 11.3. The molecular formula is C21H18BrN3O5. The predicted octanol–water partition coefficient (Wildman–Crippen LogP) is 3.96. The van der Waals surface area contributed by atoms with Crippen molar-refractivity contribution in [3.63, 3.8) is 0 Å². The van der Waals surface area contributed by atoms with E-state index >= 15 is 0 Å². The van der Waals surface area contributed by atoms with E-state index in [1.807, 2.05) is 12.1 Å². The number of methoxy groups -OCH3 is 3. The van der Waals surface area contributed by atoms with E-state index in [1.165, 1.54) is 14.2 Å². The summed E-state index contributed by atoms with van der Waals surface area (Å²) in [4.78, 5) is 18.9. The quantitative estimate of drug-likeness (QED) is 0.410. The van der Waals surface area contributed by atoms with Crippen LogP contribution in [-0.2, 0) is 9.53 Å². The average molecular weight is 472 g/mol. The first-order valence-electron chi connectivity index (χ1n) is 8.72. The number of rotatable bonds is 7. The molecule has 0 spiro atoms. The maximum atomic E-state index is 11.3. The average Bonchev–Trinajstić information content (AvgIpc) is 3.19. The Bertz CT molecular complexity index is 1160. The van der Waals surface area contributed by atoms with Gasteiger partial charge in [-0.05, 0) is 35.9 Å². The molecule has 1 heterocycles. The third kappa shape index (κ3) is 4.55. The van der Waals surface area contributed by atoms with Crippen molar-refractivity contribution >= 4 is 44.6 Å². The van der Waals surface area contributed by atoms with Crippen molar-refractivity contribution in [2.24, 2.45) is 0 Å². The number of carbonyl (C=O) groups is 1. The first kappa shape index (κ1) is 21.2. The third-order valence-corrected chi connectivity index (χ3v) is 4.91. The van der Waals surface area contributed by atoms with Crippen LogP contribution in [0.1, 0.15) is 11.4 Å². The smallest absolute Gasteiger partial charge is 0.343 e. The maximum Gasteiger partial charge on any atom is 0.343 e. The lowest BCUT2D eigenvalue weighted by molar-refractivity contribution is -0.142. The van der Waals surface area contributed by atoms with E-state index in [9.17, 15) is 10.1 Å². The molecule has 0 radical (unpaired) electrons. The zero-order chi connectivity index (χ0) is 21.7. The summed E-state index contributed by atoms with van der Waals surface area (Å²) in [7, 11) is 4.35. The molecule has 0 aliphatic heterocycles. The Labute approximate surface area is 181 Å². The second-order valence-electron chi connectivity index (χ2n) is 6.03. The largest absolute Gasteiger partial charge is 0.497 e. The van der Waals surface area contributed by atoms with Crippen LogP contribution in [-0.4, -0.2) is 43.9 Å². The van der Waals surface area contributed by atoms with E-state index in [0.29, 0.717) is 38.7 Å². The van der Waals surface area contributed by atoms with Crippen molar-refractivity contribution in [1.82, 2.24) is 9.97 Å². The molecule has 8 nitrogen and oxygen atoms in total. The number of esters is 1. The minimum atomic E-state index is -0.509. The fraction of sp³-hybridized carbons (Fsp3) is 0.190. The van der Waals surface area contributed by atoms with Gasteiger partial charge in [-0.1, -0.05) is 15.9 Å². The number of carbonyl (C=O) groups excluding carboxylic acids is 1. The SMILES string of the molecule is COC(=O)COc1cc(Br)c(/C=C(\C#N)c2nc3ccc(OC)cc3[nH]2)cc1OC. The highest BCUT2D eigenvalue weighted by Gasteiger charge is 2.14. The van der Waals surface area contributed by atoms with Gasteiger partial charge in [-0.3, -0.25) is 0 Å². The Morgan fingerprint density at radius 1 is 1.20 bits per heavy atom. The molecule has 1 aromatic heterocycles. The van der Waals surface area contributed by atoms with Crippen molar-refractivity contribution in [3.05, 3.63) is 46.2 Å². The number of hydrogen-bond acceptors (Lipinski definition) is 7. The second kappa shape index (κ2) is 9.33. The molecule has 154 valence electrons. The number of hydrogen-bond donors (Lipinski definition) is 1. The van der Waals surface area contributed by atoms with Gasteiger partial charge in [-0.2, -0.15) is 5.26 Å². The lowest BCUT2D eigenvalue weighted by Gasteiger charge is -2.12. The van der Waals surface area contributed by atoms with Crippen molar-refractivity contribution < 1.29 is 23.7 Å². The molecule has 1 N–H and O–H groups in total. The molecule has 3 rings (SSSR count). The lowest BCUT2D eigenvalue weighted by atomic mass is 10.1. The zero-order valence-corrected chi connectivity index (χ0v) is 18.1. The highest BCUT2D eigenvalue weighted by Crippen LogP contribution is 2.35. The Morgan fingerprint density at radius 2 is 2.00 bits per heavy atom. The summed E-state index contributed by atoms with van der Waals surface area (Å²) >= 11 is 3.47. The number of halogens is 1. The fourth-order valence-electron chi connectivity index (χ4n) is 2.68. The minimum absolute atomic E-state index is 0.250. The van der Waals surface area contributed by atoms with Gasteiger partial charge < -0.3 is 23.9 Å². The van der Waals surface area contributed by atoms with Crippen LogP contribution in [0.25, 0.3) is 22.7 Å². The molecule has 2 aromatic carbocycles. The standard InChI is InChI=1S/C21H18BrN3O5/c1-27-14-4-5-16-17(8-14)25-21(24-16)13(10-23)6-12-7-18(28-2)19(9-15(12)22)30-11-20(26)29-3/h4-9H,11H2,1-3H3,(H,24,25)/b13-6+. The number of nitriles is 1. The zero-order valence-electron chi connectivity index (χ0n) is 16.5. The molecule has 0 fully saturated rings. The van der Waals surface area contributed by atoms with Gasteiger partial charge in [0.2, 0.25) is 0 Å². The highest BCUT2D eigenvalue weighted by atomic mass is 79.9. The summed E-state index contributed by atoms with van der Waals surface area (Å²) in [5.41, 5.74) is 2.48. The first-order chi connectivity index (χ1) is 14.5. The number of fused-ring (bicyclic) bond motifs is 1.